The Hall–Kier alpha value is -1.91. The van der Waals surface area contributed by atoms with E-state index in [-0.39, 0.29) is 6.42 Å². The second kappa shape index (κ2) is 3.59. The molecule has 0 saturated heterocycles. The van der Waals surface area contributed by atoms with Gasteiger partial charge in [-0.05, 0) is 36.6 Å². The predicted molar refractivity (Wildman–Crippen MR) is 54.6 cm³/mol. The van der Waals surface area contributed by atoms with E-state index in [9.17, 15) is 14.0 Å². The molecule has 0 aromatic heterocycles. The highest BCUT2D eigenvalue weighted by atomic mass is 19.1. The average Bonchev–Trinajstić information content (AvgIpc) is 2.18. The van der Waals surface area contributed by atoms with Crippen LogP contribution in [-0.4, -0.2) is 17.0 Å². The first-order chi connectivity index (χ1) is 7.49. The summed E-state index contributed by atoms with van der Waals surface area (Å²) >= 11 is 0. The molecule has 0 spiro atoms. The van der Waals surface area contributed by atoms with Crippen LogP contribution in [0.1, 0.15) is 11.1 Å². The first-order valence-corrected chi connectivity index (χ1v) is 4.81. The summed E-state index contributed by atoms with van der Waals surface area (Å²) in [5, 5.41) is 11.3. The maximum atomic E-state index is 13.1. The van der Waals surface area contributed by atoms with Crippen LogP contribution in [0.5, 0.6) is 0 Å². The molecule has 0 fully saturated rings. The van der Waals surface area contributed by atoms with E-state index in [4.69, 9.17) is 5.11 Å². The lowest BCUT2D eigenvalue weighted by atomic mass is 9.91. The van der Waals surface area contributed by atoms with Gasteiger partial charge in [-0.2, -0.15) is 0 Å². The van der Waals surface area contributed by atoms with Gasteiger partial charge in [-0.1, -0.05) is 0 Å². The number of nitrogens with one attached hydrogen (secondary N) is 1. The van der Waals surface area contributed by atoms with Crippen LogP contribution in [0.2, 0.25) is 0 Å². The number of rotatable bonds is 1. The summed E-state index contributed by atoms with van der Waals surface area (Å²) in [7, 11) is 0. The minimum absolute atomic E-state index is 0.0368. The summed E-state index contributed by atoms with van der Waals surface area (Å²) in [6, 6.07) is 2.57. The fraction of sp³-hybridized carbons (Fsp3) is 0.273. The lowest BCUT2D eigenvalue weighted by Gasteiger charge is -2.23. The van der Waals surface area contributed by atoms with Gasteiger partial charge in [0, 0.05) is 5.69 Å². The molecule has 1 aromatic rings. The molecule has 0 radical (unpaired) electrons. The smallest absolute Gasteiger partial charge is 0.316 e. The van der Waals surface area contributed by atoms with Crippen molar-refractivity contribution in [2.24, 2.45) is 5.92 Å². The third-order valence-corrected chi connectivity index (χ3v) is 2.67. The van der Waals surface area contributed by atoms with Crippen molar-refractivity contribution in [2.75, 3.05) is 5.32 Å². The fourth-order valence-corrected chi connectivity index (χ4v) is 1.87. The molecule has 84 valence electrons. The molecule has 1 aromatic carbocycles. The van der Waals surface area contributed by atoms with Gasteiger partial charge in [-0.3, -0.25) is 9.59 Å². The monoisotopic (exact) mass is 223 g/mol. The van der Waals surface area contributed by atoms with Crippen molar-refractivity contribution in [3.63, 3.8) is 0 Å². The third kappa shape index (κ3) is 1.64. The van der Waals surface area contributed by atoms with Crippen LogP contribution in [0.3, 0.4) is 0 Å². The van der Waals surface area contributed by atoms with Crippen LogP contribution in [0.4, 0.5) is 10.1 Å². The number of carbonyl (C=O) groups is 2. The lowest BCUT2D eigenvalue weighted by molar-refractivity contribution is -0.145. The van der Waals surface area contributed by atoms with Crippen molar-refractivity contribution >= 4 is 17.6 Å². The maximum absolute atomic E-state index is 13.1. The Kier molecular flexibility index (Phi) is 2.38. The van der Waals surface area contributed by atoms with Crippen molar-refractivity contribution < 1.29 is 19.1 Å². The van der Waals surface area contributed by atoms with Crippen molar-refractivity contribution in [2.45, 2.75) is 13.3 Å². The van der Waals surface area contributed by atoms with Gasteiger partial charge in [0.2, 0.25) is 5.91 Å². The molecular weight excluding hydrogens is 213 g/mol. The van der Waals surface area contributed by atoms with E-state index in [0.29, 0.717) is 16.8 Å². The summed E-state index contributed by atoms with van der Waals surface area (Å²) in [4.78, 5) is 22.2. The van der Waals surface area contributed by atoms with Crippen molar-refractivity contribution in [1.82, 2.24) is 0 Å². The molecular formula is C11H10FNO3. The molecule has 1 heterocycles. The number of aliphatic carboxylic acids is 1. The van der Waals surface area contributed by atoms with E-state index in [2.05, 4.69) is 5.32 Å². The van der Waals surface area contributed by atoms with Gasteiger partial charge in [0.1, 0.15) is 11.7 Å². The SMILES string of the molecule is Cc1cc(F)cc2c1NC(=O)C(C(=O)O)C2. The second-order valence-corrected chi connectivity index (χ2v) is 3.84. The molecule has 0 saturated carbocycles. The molecule has 1 atom stereocenters. The predicted octanol–water partition coefficient (Wildman–Crippen LogP) is 1.33. The minimum atomic E-state index is -1.19. The summed E-state index contributed by atoms with van der Waals surface area (Å²) in [6.45, 7) is 1.67. The first kappa shape index (κ1) is 10.6. The molecule has 5 heteroatoms. The molecule has 4 nitrogen and oxygen atoms in total. The summed E-state index contributed by atoms with van der Waals surface area (Å²) in [5.41, 5.74) is 1.67. The van der Waals surface area contributed by atoms with Crippen LogP contribution >= 0.6 is 0 Å². The van der Waals surface area contributed by atoms with E-state index in [1.807, 2.05) is 0 Å². The summed E-state index contributed by atoms with van der Waals surface area (Å²) < 4.78 is 13.1. The van der Waals surface area contributed by atoms with Gasteiger partial charge in [0.05, 0.1) is 0 Å². The number of carbonyl (C=O) groups excluding carboxylic acids is 1. The van der Waals surface area contributed by atoms with Crippen molar-refractivity contribution in [3.8, 4) is 0 Å². The van der Waals surface area contributed by atoms with Gasteiger partial charge >= 0.3 is 5.97 Å². The van der Waals surface area contributed by atoms with Gasteiger partial charge in [-0.25, -0.2) is 4.39 Å². The molecule has 1 aliphatic rings. The lowest BCUT2D eigenvalue weighted by Crippen LogP contribution is -2.35. The van der Waals surface area contributed by atoms with Crippen LogP contribution in [0.15, 0.2) is 12.1 Å². The summed E-state index contributed by atoms with van der Waals surface area (Å²) in [5.74, 6) is -3.29. The minimum Gasteiger partial charge on any atom is -0.481 e. The van der Waals surface area contributed by atoms with Gasteiger partial charge in [0.15, 0.2) is 0 Å². The zero-order chi connectivity index (χ0) is 11.9. The molecule has 2 rings (SSSR count). The van der Waals surface area contributed by atoms with Gasteiger partial charge < -0.3 is 10.4 Å². The number of carboxylic acids is 1. The normalized spacial score (nSPS) is 18.9. The Balaban J connectivity index is 2.47. The topological polar surface area (TPSA) is 66.4 Å². The van der Waals surface area contributed by atoms with E-state index in [1.54, 1.807) is 6.92 Å². The molecule has 1 aliphatic heterocycles. The molecule has 2 N–H and O–H groups in total. The zero-order valence-corrected chi connectivity index (χ0v) is 8.58. The number of carboxylic acid groups (broad SMARTS) is 1. The third-order valence-electron chi connectivity index (χ3n) is 2.67. The number of benzene rings is 1. The van der Waals surface area contributed by atoms with E-state index in [0.717, 1.165) is 0 Å². The van der Waals surface area contributed by atoms with Crippen molar-refractivity contribution in [3.05, 3.63) is 29.1 Å². The van der Waals surface area contributed by atoms with E-state index < -0.39 is 23.6 Å². The van der Waals surface area contributed by atoms with Crippen molar-refractivity contribution in [1.29, 1.82) is 0 Å². The number of fused-ring (bicyclic) bond motifs is 1. The van der Waals surface area contributed by atoms with Crippen LogP contribution < -0.4 is 5.32 Å². The highest BCUT2D eigenvalue weighted by Crippen LogP contribution is 2.29. The number of halogens is 1. The molecule has 1 unspecified atom stereocenters. The van der Waals surface area contributed by atoms with E-state index >= 15 is 0 Å². The second-order valence-electron chi connectivity index (χ2n) is 3.84. The Morgan fingerprint density at radius 1 is 1.56 bits per heavy atom. The van der Waals surface area contributed by atoms with Crippen LogP contribution in [0.25, 0.3) is 0 Å². The number of hydrogen-bond donors (Lipinski definition) is 2. The zero-order valence-electron chi connectivity index (χ0n) is 8.58. The van der Waals surface area contributed by atoms with Crippen LogP contribution in [0, 0.1) is 18.7 Å². The molecule has 16 heavy (non-hydrogen) atoms. The standard InChI is InChI=1S/C11H10FNO3/c1-5-2-7(12)3-6-4-8(11(15)16)10(14)13-9(5)6/h2-3,8H,4H2,1H3,(H,13,14)(H,15,16). The molecule has 0 bridgehead atoms. The van der Waals surface area contributed by atoms with Gasteiger partial charge in [0.25, 0.3) is 0 Å². The van der Waals surface area contributed by atoms with E-state index in [1.165, 1.54) is 12.1 Å². The number of hydrogen-bond acceptors (Lipinski definition) is 2. The Morgan fingerprint density at radius 3 is 2.88 bits per heavy atom. The highest BCUT2D eigenvalue weighted by molar-refractivity contribution is 6.07. The number of anilines is 1. The maximum Gasteiger partial charge on any atom is 0.316 e. The molecule has 1 amide bonds. The number of aryl methyl sites for hydroxylation is 1. The Morgan fingerprint density at radius 2 is 2.25 bits per heavy atom. The average molecular weight is 223 g/mol. The summed E-state index contributed by atoms with van der Waals surface area (Å²) in [6.07, 6.45) is 0.0368. The fourth-order valence-electron chi connectivity index (χ4n) is 1.87. The Labute approximate surface area is 91.1 Å². The molecule has 0 aliphatic carbocycles. The van der Waals surface area contributed by atoms with Gasteiger partial charge in [-0.15, -0.1) is 0 Å². The highest BCUT2D eigenvalue weighted by Gasteiger charge is 2.32. The number of amides is 1. The largest absolute Gasteiger partial charge is 0.481 e. The van der Waals surface area contributed by atoms with Crippen LogP contribution in [-0.2, 0) is 16.0 Å². The Bertz CT molecular complexity index is 484. The quantitative estimate of drug-likeness (QED) is 0.706. The first-order valence-electron chi connectivity index (χ1n) is 4.81.